The van der Waals surface area contributed by atoms with Crippen LogP contribution in [0.1, 0.15) is 12.8 Å². The number of halogens is 1. The fraction of sp³-hybridized carbons (Fsp3) is 0.250. The summed E-state index contributed by atoms with van der Waals surface area (Å²) in [4.78, 5) is 28.2. The Bertz CT molecular complexity index is 1190. The SMILES string of the molecule is O=c1[nH]c2ccc(Br)cc2c(NC2CCCNC2)c1-c1nc2ncccc2[nH]1. The highest BCUT2D eigenvalue weighted by Crippen LogP contribution is 2.33. The molecule has 5 rings (SSSR count). The van der Waals surface area contributed by atoms with Crippen LogP contribution in [0.2, 0.25) is 0 Å². The minimum absolute atomic E-state index is 0.180. The van der Waals surface area contributed by atoms with Crippen LogP contribution in [-0.4, -0.2) is 39.1 Å². The Morgan fingerprint density at radius 3 is 2.93 bits per heavy atom. The summed E-state index contributed by atoms with van der Waals surface area (Å²) in [5.41, 5.74) is 3.31. The number of aromatic nitrogens is 4. The average Bonchev–Trinajstić information content (AvgIpc) is 3.13. The zero-order chi connectivity index (χ0) is 19.1. The third-order valence-corrected chi connectivity index (χ3v) is 5.61. The molecule has 1 unspecified atom stereocenters. The standard InChI is InChI=1S/C20H19BrN6O/c21-11-5-6-14-13(9-11)17(24-12-3-1-7-22-10-12)16(20(28)26-14)19-25-15-4-2-8-23-18(15)27-19/h2,4-6,8-9,12,22H,1,3,7,10H2,(H,23,25,27)(H2,24,26,28). The van der Waals surface area contributed by atoms with Crippen LogP contribution in [0.5, 0.6) is 0 Å². The van der Waals surface area contributed by atoms with Gasteiger partial charge in [0, 0.05) is 28.6 Å². The van der Waals surface area contributed by atoms with Crippen molar-refractivity contribution in [2.45, 2.75) is 18.9 Å². The van der Waals surface area contributed by atoms with Gasteiger partial charge in [0.1, 0.15) is 11.4 Å². The molecular formula is C20H19BrN6O. The first kappa shape index (κ1) is 17.4. The Balaban J connectivity index is 1.75. The number of H-pyrrole nitrogens is 2. The largest absolute Gasteiger partial charge is 0.380 e. The van der Waals surface area contributed by atoms with E-state index >= 15 is 0 Å². The topological polar surface area (TPSA) is 98.5 Å². The van der Waals surface area contributed by atoms with Gasteiger partial charge in [-0.2, -0.15) is 0 Å². The van der Waals surface area contributed by atoms with Crippen molar-refractivity contribution in [2.24, 2.45) is 0 Å². The van der Waals surface area contributed by atoms with E-state index in [1.165, 1.54) is 0 Å². The summed E-state index contributed by atoms with van der Waals surface area (Å²) in [6.45, 7) is 1.89. The van der Waals surface area contributed by atoms with Crippen LogP contribution in [0.15, 0.2) is 45.8 Å². The monoisotopic (exact) mass is 438 g/mol. The van der Waals surface area contributed by atoms with Gasteiger partial charge in [-0.05, 0) is 49.7 Å². The quantitative estimate of drug-likeness (QED) is 0.392. The fourth-order valence-electron chi connectivity index (χ4n) is 3.78. The summed E-state index contributed by atoms with van der Waals surface area (Å²) >= 11 is 3.55. The molecule has 8 heteroatoms. The van der Waals surface area contributed by atoms with Crippen LogP contribution in [-0.2, 0) is 0 Å². The molecule has 0 spiro atoms. The maximum atomic E-state index is 13.1. The third kappa shape index (κ3) is 3.08. The lowest BCUT2D eigenvalue weighted by atomic mass is 10.0. The lowest BCUT2D eigenvalue weighted by Crippen LogP contribution is -2.38. The van der Waals surface area contributed by atoms with E-state index in [-0.39, 0.29) is 11.6 Å². The van der Waals surface area contributed by atoms with Crippen LogP contribution >= 0.6 is 15.9 Å². The van der Waals surface area contributed by atoms with Crippen molar-refractivity contribution in [2.75, 3.05) is 18.4 Å². The number of hydrogen-bond donors (Lipinski definition) is 4. The Labute approximate surface area is 169 Å². The second-order valence-electron chi connectivity index (χ2n) is 7.04. The van der Waals surface area contributed by atoms with Gasteiger partial charge in [0.25, 0.3) is 5.56 Å². The molecule has 1 atom stereocenters. The molecule has 28 heavy (non-hydrogen) atoms. The molecule has 1 aliphatic heterocycles. The van der Waals surface area contributed by atoms with E-state index < -0.39 is 0 Å². The molecule has 1 aromatic carbocycles. The molecule has 1 fully saturated rings. The predicted molar refractivity (Wildman–Crippen MR) is 115 cm³/mol. The predicted octanol–water partition coefficient (Wildman–Crippen LogP) is 3.39. The molecule has 0 saturated carbocycles. The molecule has 0 amide bonds. The van der Waals surface area contributed by atoms with Crippen molar-refractivity contribution >= 4 is 43.7 Å². The molecule has 0 bridgehead atoms. The average molecular weight is 439 g/mol. The molecule has 142 valence electrons. The summed E-state index contributed by atoms with van der Waals surface area (Å²) in [6.07, 6.45) is 3.85. The number of benzene rings is 1. The van der Waals surface area contributed by atoms with Gasteiger partial charge in [0.05, 0.1) is 16.7 Å². The van der Waals surface area contributed by atoms with Gasteiger partial charge in [-0.15, -0.1) is 0 Å². The number of pyridine rings is 2. The van der Waals surface area contributed by atoms with Crippen LogP contribution in [0.3, 0.4) is 0 Å². The van der Waals surface area contributed by atoms with E-state index in [4.69, 9.17) is 0 Å². The van der Waals surface area contributed by atoms with Crippen molar-refractivity contribution in [3.8, 4) is 11.4 Å². The van der Waals surface area contributed by atoms with Gasteiger partial charge >= 0.3 is 0 Å². The van der Waals surface area contributed by atoms with Crippen molar-refractivity contribution in [3.05, 3.63) is 51.4 Å². The summed E-state index contributed by atoms with van der Waals surface area (Å²) < 4.78 is 0.953. The zero-order valence-corrected chi connectivity index (χ0v) is 16.6. The molecule has 4 heterocycles. The first-order valence-electron chi connectivity index (χ1n) is 9.33. The lowest BCUT2D eigenvalue weighted by molar-refractivity contribution is 0.480. The number of imidazole rings is 1. The van der Waals surface area contributed by atoms with Crippen LogP contribution in [0.4, 0.5) is 5.69 Å². The number of hydrogen-bond acceptors (Lipinski definition) is 5. The number of nitrogens with zero attached hydrogens (tertiary/aromatic N) is 2. The minimum atomic E-state index is -0.180. The van der Waals surface area contributed by atoms with Crippen molar-refractivity contribution in [1.29, 1.82) is 0 Å². The second-order valence-corrected chi connectivity index (χ2v) is 7.96. The number of nitrogens with one attached hydrogen (secondary N) is 4. The maximum Gasteiger partial charge on any atom is 0.261 e. The van der Waals surface area contributed by atoms with Gasteiger partial charge in [0.15, 0.2) is 5.65 Å². The van der Waals surface area contributed by atoms with Gasteiger partial charge < -0.3 is 20.6 Å². The summed E-state index contributed by atoms with van der Waals surface area (Å²) in [6, 6.07) is 9.86. The molecular weight excluding hydrogens is 420 g/mol. The van der Waals surface area contributed by atoms with Crippen LogP contribution in [0.25, 0.3) is 33.5 Å². The Morgan fingerprint density at radius 2 is 2.11 bits per heavy atom. The van der Waals surface area contributed by atoms with E-state index in [0.29, 0.717) is 17.0 Å². The Morgan fingerprint density at radius 1 is 1.18 bits per heavy atom. The first-order valence-corrected chi connectivity index (χ1v) is 10.1. The van der Waals surface area contributed by atoms with Gasteiger partial charge in [-0.25, -0.2) is 9.97 Å². The van der Waals surface area contributed by atoms with Crippen molar-refractivity contribution < 1.29 is 0 Å². The summed E-state index contributed by atoms with van der Waals surface area (Å²) in [7, 11) is 0. The molecule has 4 N–H and O–H groups in total. The summed E-state index contributed by atoms with van der Waals surface area (Å²) in [5.74, 6) is 0.517. The van der Waals surface area contributed by atoms with Gasteiger partial charge in [-0.3, -0.25) is 4.79 Å². The highest BCUT2D eigenvalue weighted by atomic mass is 79.9. The fourth-order valence-corrected chi connectivity index (χ4v) is 4.14. The molecule has 4 aromatic rings. The maximum absolute atomic E-state index is 13.1. The third-order valence-electron chi connectivity index (χ3n) is 5.12. The highest BCUT2D eigenvalue weighted by molar-refractivity contribution is 9.10. The molecule has 3 aromatic heterocycles. The van der Waals surface area contributed by atoms with Crippen LogP contribution in [0, 0.1) is 0 Å². The number of anilines is 1. The smallest absolute Gasteiger partial charge is 0.261 e. The van der Waals surface area contributed by atoms with E-state index in [0.717, 1.165) is 52.5 Å². The van der Waals surface area contributed by atoms with Gasteiger partial charge in [-0.1, -0.05) is 15.9 Å². The van der Waals surface area contributed by atoms with E-state index in [1.807, 2.05) is 30.3 Å². The number of fused-ring (bicyclic) bond motifs is 2. The number of rotatable bonds is 3. The molecule has 1 aliphatic rings. The summed E-state index contributed by atoms with van der Waals surface area (Å²) in [5, 5.41) is 7.99. The molecule has 0 aliphatic carbocycles. The molecule has 7 nitrogen and oxygen atoms in total. The highest BCUT2D eigenvalue weighted by Gasteiger charge is 2.22. The minimum Gasteiger partial charge on any atom is -0.380 e. The number of piperidine rings is 1. The van der Waals surface area contributed by atoms with E-state index in [9.17, 15) is 4.79 Å². The van der Waals surface area contributed by atoms with Crippen LogP contribution < -0.4 is 16.2 Å². The number of aromatic amines is 2. The molecule has 1 saturated heterocycles. The molecule has 0 radical (unpaired) electrons. The Hall–Kier alpha value is -2.71. The normalized spacial score (nSPS) is 17.2. The van der Waals surface area contributed by atoms with Gasteiger partial charge in [0.2, 0.25) is 0 Å². The second kappa shape index (κ2) is 7.03. The van der Waals surface area contributed by atoms with Crippen molar-refractivity contribution in [3.63, 3.8) is 0 Å². The lowest BCUT2D eigenvalue weighted by Gasteiger charge is -2.26. The zero-order valence-electron chi connectivity index (χ0n) is 15.1. The van der Waals surface area contributed by atoms with Crippen molar-refractivity contribution in [1.82, 2.24) is 25.3 Å². The Kier molecular flexibility index (Phi) is 4.37. The van der Waals surface area contributed by atoms with E-state index in [2.05, 4.69) is 46.5 Å². The first-order chi connectivity index (χ1) is 13.7. The van der Waals surface area contributed by atoms with E-state index in [1.54, 1.807) is 6.20 Å².